The number of hydrogen-bond donors (Lipinski definition) is 1. The quantitative estimate of drug-likeness (QED) is 0.921. The summed E-state index contributed by atoms with van der Waals surface area (Å²) in [7, 11) is 1.69. The Morgan fingerprint density at radius 1 is 1.33 bits per heavy atom. The van der Waals surface area contributed by atoms with E-state index >= 15 is 0 Å². The first-order valence-corrected chi connectivity index (χ1v) is 7.64. The third-order valence-electron chi connectivity index (χ3n) is 3.95. The third-order valence-corrected chi connectivity index (χ3v) is 3.95. The molecule has 0 saturated heterocycles. The van der Waals surface area contributed by atoms with E-state index in [4.69, 9.17) is 10.00 Å². The van der Waals surface area contributed by atoms with Gasteiger partial charge < -0.3 is 14.6 Å². The SMILES string of the molecule is COCc1c(-c2ccc(C#N)cc2)cc(C)n1CC1=CNC=C=N1. The summed E-state index contributed by atoms with van der Waals surface area (Å²) >= 11 is 0. The van der Waals surface area contributed by atoms with Crippen LogP contribution in [0.1, 0.15) is 17.0 Å². The number of ether oxygens (including phenoxy) is 1. The lowest BCUT2D eigenvalue weighted by molar-refractivity contribution is 0.178. The molecule has 0 atom stereocenters. The molecule has 0 spiro atoms. The molecule has 2 heterocycles. The van der Waals surface area contributed by atoms with Crippen LogP contribution in [0.2, 0.25) is 0 Å². The Balaban J connectivity index is 2.02. The molecule has 0 saturated carbocycles. The van der Waals surface area contributed by atoms with Gasteiger partial charge in [-0.05, 0) is 30.7 Å². The van der Waals surface area contributed by atoms with Gasteiger partial charge in [-0.2, -0.15) is 5.26 Å². The van der Waals surface area contributed by atoms with E-state index < -0.39 is 0 Å². The van der Waals surface area contributed by atoms with Crippen molar-refractivity contribution in [1.29, 1.82) is 5.26 Å². The number of aryl methyl sites for hydroxylation is 1. The number of aliphatic imine (C=N–C) groups is 1. The van der Waals surface area contributed by atoms with Crippen molar-refractivity contribution >= 4 is 5.87 Å². The predicted molar refractivity (Wildman–Crippen MR) is 93.3 cm³/mol. The highest BCUT2D eigenvalue weighted by Crippen LogP contribution is 2.29. The van der Waals surface area contributed by atoms with Gasteiger partial charge in [-0.15, -0.1) is 0 Å². The Morgan fingerprint density at radius 2 is 2.12 bits per heavy atom. The summed E-state index contributed by atoms with van der Waals surface area (Å²) < 4.78 is 7.61. The Morgan fingerprint density at radius 3 is 2.75 bits per heavy atom. The lowest BCUT2D eigenvalue weighted by Gasteiger charge is -2.13. The minimum absolute atomic E-state index is 0.503. The molecule has 5 nitrogen and oxygen atoms in total. The van der Waals surface area contributed by atoms with Crippen molar-refractivity contribution in [2.24, 2.45) is 4.99 Å². The minimum atomic E-state index is 0.503. The summed E-state index contributed by atoms with van der Waals surface area (Å²) in [5, 5.41) is 12.0. The van der Waals surface area contributed by atoms with Crippen molar-refractivity contribution in [2.75, 3.05) is 7.11 Å². The molecule has 0 radical (unpaired) electrons. The van der Waals surface area contributed by atoms with E-state index in [-0.39, 0.29) is 0 Å². The van der Waals surface area contributed by atoms with Crippen LogP contribution in [0.3, 0.4) is 0 Å². The van der Waals surface area contributed by atoms with Crippen molar-refractivity contribution in [3.63, 3.8) is 0 Å². The molecule has 1 aliphatic rings. The summed E-state index contributed by atoms with van der Waals surface area (Å²) in [6.45, 7) is 3.22. The number of allylic oxidation sites excluding steroid dienone is 1. The van der Waals surface area contributed by atoms with Crippen LogP contribution in [0, 0.1) is 18.3 Å². The minimum Gasteiger partial charge on any atom is -0.378 e. The highest BCUT2D eigenvalue weighted by molar-refractivity contribution is 5.68. The molecule has 0 amide bonds. The first-order valence-electron chi connectivity index (χ1n) is 7.64. The van der Waals surface area contributed by atoms with Gasteiger partial charge in [-0.3, -0.25) is 0 Å². The summed E-state index contributed by atoms with van der Waals surface area (Å²) in [5.74, 6) is 2.82. The van der Waals surface area contributed by atoms with Crippen molar-refractivity contribution in [3.05, 3.63) is 65.4 Å². The van der Waals surface area contributed by atoms with Crippen molar-refractivity contribution < 1.29 is 4.74 Å². The highest BCUT2D eigenvalue weighted by Gasteiger charge is 2.15. The number of nitrogens with one attached hydrogen (secondary N) is 1. The fourth-order valence-corrected chi connectivity index (χ4v) is 2.78. The number of nitriles is 1. The van der Waals surface area contributed by atoms with E-state index in [2.05, 4.69) is 39.8 Å². The first kappa shape index (κ1) is 15.8. The second kappa shape index (κ2) is 7.01. The zero-order valence-electron chi connectivity index (χ0n) is 13.7. The molecule has 24 heavy (non-hydrogen) atoms. The van der Waals surface area contributed by atoms with Gasteiger partial charge in [-0.1, -0.05) is 12.1 Å². The lowest BCUT2D eigenvalue weighted by Crippen LogP contribution is -2.10. The fraction of sp³-hybridized carbons (Fsp3) is 0.211. The average Bonchev–Trinajstić information content (AvgIpc) is 2.92. The zero-order valence-corrected chi connectivity index (χ0v) is 13.7. The van der Waals surface area contributed by atoms with Gasteiger partial charge in [0.1, 0.15) is 0 Å². The Labute approximate surface area is 141 Å². The zero-order chi connectivity index (χ0) is 16.9. The molecular formula is C19H18N4O. The molecule has 1 aromatic heterocycles. The van der Waals surface area contributed by atoms with Gasteiger partial charge >= 0.3 is 0 Å². The van der Waals surface area contributed by atoms with E-state index in [1.807, 2.05) is 30.5 Å². The maximum Gasteiger partial charge on any atom is 0.0991 e. The molecule has 120 valence electrons. The molecule has 0 unspecified atom stereocenters. The second-order valence-corrected chi connectivity index (χ2v) is 5.54. The van der Waals surface area contributed by atoms with E-state index in [0.717, 1.165) is 28.2 Å². The Hall–Kier alpha value is -3.06. The van der Waals surface area contributed by atoms with Crippen LogP contribution in [0.5, 0.6) is 0 Å². The number of benzene rings is 1. The topological polar surface area (TPSA) is 62.3 Å². The second-order valence-electron chi connectivity index (χ2n) is 5.54. The standard InChI is InChI=1S/C19H18N4O/c1-14-9-18(16-5-3-15(10-20)4-6-16)19(13-24-2)23(14)12-17-11-21-7-8-22-17/h3-7,9,11,21H,12-13H2,1-2H3. The van der Waals surface area contributed by atoms with Crippen LogP contribution < -0.4 is 5.32 Å². The molecule has 0 bridgehead atoms. The van der Waals surface area contributed by atoms with Gasteiger partial charge in [0.2, 0.25) is 0 Å². The van der Waals surface area contributed by atoms with Gasteiger partial charge in [0.05, 0.1) is 42.4 Å². The normalized spacial score (nSPS) is 12.6. The van der Waals surface area contributed by atoms with Crippen LogP contribution in [-0.2, 0) is 17.9 Å². The summed E-state index contributed by atoms with van der Waals surface area (Å²) in [5.41, 5.74) is 5.96. The summed E-state index contributed by atoms with van der Waals surface area (Å²) in [6.07, 6.45) is 3.54. The first-order chi connectivity index (χ1) is 11.7. The molecule has 0 fully saturated rings. The Bertz CT molecular complexity index is 875. The Kier molecular flexibility index (Phi) is 4.62. The fourth-order valence-electron chi connectivity index (χ4n) is 2.78. The molecule has 3 rings (SSSR count). The molecule has 1 aliphatic heterocycles. The van der Waals surface area contributed by atoms with Crippen molar-refractivity contribution in [2.45, 2.75) is 20.1 Å². The summed E-state index contributed by atoms with van der Waals surface area (Å²) in [6, 6.07) is 11.9. The maximum absolute atomic E-state index is 8.96. The van der Waals surface area contributed by atoms with Gasteiger partial charge in [-0.25, -0.2) is 4.99 Å². The van der Waals surface area contributed by atoms with E-state index in [1.165, 1.54) is 0 Å². The largest absolute Gasteiger partial charge is 0.378 e. The molecule has 1 aromatic carbocycles. The molecular weight excluding hydrogens is 300 g/mol. The van der Waals surface area contributed by atoms with Crippen LogP contribution in [-0.4, -0.2) is 17.5 Å². The third kappa shape index (κ3) is 3.16. The predicted octanol–water partition coefficient (Wildman–Crippen LogP) is 3.11. The number of nitrogens with zero attached hydrogens (tertiary/aromatic N) is 3. The highest BCUT2D eigenvalue weighted by atomic mass is 16.5. The van der Waals surface area contributed by atoms with Gasteiger partial charge in [0.25, 0.3) is 0 Å². The lowest BCUT2D eigenvalue weighted by atomic mass is 10.0. The van der Waals surface area contributed by atoms with Crippen LogP contribution >= 0.6 is 0 Å². The van der Waals surface area contributed by atoms with Crippen molar-refractivity contribution in [1.82, 2.24) is 9.88 Å². The van der Waals surface area contributed by atoms with E-state index in [0.29, 0.717) is 18.7 Å². The van der Waals surface area contributed by atoms with Gasteiger partial charge in [0, 0.05) is 30.4 Å². The van der Waals surface area contributed by atoms with Crippen molar-refractivity contribution in [3.8, 4) is 17.2 Å². The van der Waals surface area contributed by atoms with Crippen LogP contribution in [0.4, 0.5) is 0 Å². The number of hydrogen-bond acceptors (Lipinski definition) is 4. The van der Waals surface area contributed by atoms with Crippen LogP contribution in [0.15, 0.2) is 53.4 Å². The average molecular weight is 318 g/mol. The maximum atomic E-state index is 8.96. The number of methoxy groups -OCH3 is 1. The molecule has 5 heteroatoms. The van der Waals surface area contributed by atoms with Crippen LogP contribution in [0.25, 0.3) is 11.1 Å². The monoisotopic (exact) mass is 318 g/mol. The summed E-state index contributed by atoms with van der Waals surface area (Å²) in [4.78, 5) is 4.27. The molecule has 1 N–H and O–H groups in total. The van der Waals surface area contributed by atoms with Gasteiger partial charge in [0.15, 0.2) is 0 Å². The number of rotatable bonds is 5. The number of aromatic nitrogens is 1. The van der Waals surface area contributed by atoms with E-state index in [9.17, 15) is 0 Å². The molecule has 2 aromatic rings. The smallest absolute Gasteiger partial charge is 0.0991 e. The van der Waals surface area contributed by atoms with E-state index in [1.54, 1.807) is 13.3 Å². The molecule has 0 aliphatic carbocycles.